The molecule has 0 radical (unpaired) electrons. The Bertz CT molecular complexity index is 1100. The van der Waals surface area contributed by atoms with Crippen LogP contribution in [0.3, 0.4) is 0 Å². The number of urea groups is 1. The molecule has 32 heavy (non-hydrogen) atoms. The zero-order valence-electron chi connectivity index (χ0n) is 18.2. The molecule has 1 aliphatic carbocycles. The van der Waals surface area contributed by atoms with E-state index in [1.54, 1.807) is 0 Å². The van der Waals surface area contributed by atoms with E-state index in [1.165, 1.54) is 11.9 Å². The van der Waals surface area contributed by atoms with Gasteiger partial charge in [-0.1, -0.05) is 49.4 Å². The van der Waals surface area contributed by atoms with Crippen LogP contribution < -0.4 is 10.6 Å². The van der Waals surface area contributed by atoms with Gasteiger partial charge in [-0.05, 0) is 42.0 Å². The lowest BCUT2D eigenvalue weighted by Crippen LogP contribution is -2.45. The number of fused-ring (bicyclic) bond motifs is 2. The molecule has 1 heterocycles. The number of amides is 5. The lowest BCUT2D eigenvalue weighted by atomic mass is 9.92. The average molecular weight is 434 g/mol. The number of likely N-dealkylation sites (N-methyl/N-ethyl adjacent to an activating group) is 1. The summed E-state index contributed by atoms with van der Waals surface area (Å²) in [7, 11) is 1.48. The van der Waals surface area contributed by atoms with Gasteiger partial charge in [-0.15, -0.1) is 0 Å². The quantitative estimate of drug-likeness (QED) is 0.680. The molecule has 2 aromatic carbocycles. The first kappa shape index (κ1) is 21.5. The van der Waals surface area contributed by atoms with Crippen LogP contribution in [0.5, 0.6) is 0 Å². The summed E-state index contributed by atoms with van der Waals surface area (Å²) < 4.78 is 0. The van der Waals surface area contributed by atoms with E-state index in [9.17, 15) is 19.2 Å². The first-order valence-electron chi connectivity index (χ1n) is 10.7. The highest BCUT2D eigenvalue weighted by atomic mass is 16.2. The van der Waals surface area contributed by atoms with Gasteiger partial charge in [0.1, 0.15) is 12.1 Å². The third-order valence-electron chi connectivity index (χ3n) is 6.19. The van der Waals surface area contributed by atoms with E-state index < -0.39 is 29.9 Å². The Balaban J connectivity index is 1.40. The molecule has 8 nitrogen and oxygen atoms in total. The van der Waals surface area contributed by atoms with Gasteiger partial charge >= 0.3 is 6.03 Å². The fraction of sp³-hybridized carbons (Fsp3) is 0.333. The second-order valence-corrected chi connectivity index (χ2v) is 8.19. The van der Waals surface area contributed by atoms with Gasteiger partial charge in [-0.25, -0.2) is 4.79 Å². The molecule has 4 rings (SSSR count). The summed E-state index contributed by atoms with van der Waals surface area (Å²) >= 11 is 0. The summed E-state index contributed by atoms with van der Waals surface area (Å²) in [5.74, 6) is -1.26. The lowest BCUT2D eigenvalue weighted by molar-refractivity contribution is -0.139. The van der Waals surface area contributed by atoms with Crippen molar-refractivity contribution in [3.8, 4) is 0 Å². The molecule has 0 aromatic heterocycles. The van der Waals surface area contributed by atoms with Gasteiger partial charge in [-0.2, -0.15) is 0 Å². The van der Waals surface area contributed by atoms with Crippen molar-refractivity contribution >= 4 is 29.4 Å². The van der Waals surface area contributed by atoms with Crippen LogP contribution in [0.2, 0.25) is 0 Å². The molecule has 1 aliphatic heterocycles. The number of aryl methyl sites for hydroxylation is 2. The van der Waals surface area contributed by atoms with Gasteiger partial charge in [0.2, 0.25) is 11.8 Å². The maximum absolute atomic E-state index is 13.2. The normalized spacial score (nSPS) is 19.1. The van der Waals surface area contributed by atoms with Crippen LogP contribution in [0.4, 0.5) is 10.5 Å². The Hall–Kier alpha value is -3.68. The number of nitrogens with one attached hydrogen (secondary N) is 2. The predicted octanol–water partition coefficient (Wildman–Crippen LogP) is 2.04. The largest absolute Gasteiger partial charge is 0.335 e. The molecule has 5 amide bonds. The van der Waals surface area contributed by atoms with Crippen molar-refractivity contribution in [1.82, 2.24) is 15.1 Å². The minimum atomic E-state index is -1.10. The number of nitrogens with zero attached hydrogens (tertiary/aromatic N) is 2. The van der Waals surface area contributed by atoms with Crippen molar-refractivity contribution in [3.05, 3.63) is 65.2 Å². The van der Waals surface area contributed by atoms with Crippen LogP contribution in [0.1, 0.15) is 30.0 Å². The summed E-state index contributed by atoms with van der Waals surface area (Å²) in [6.07, 6.45) is 1.92. The fourth-order valence-electron chi connectivity index (χ4n) is 4.43. The van der Waals surface area contributed by atoms with Crippen molar-refractivity contribution in [2.75, 3.05) is 25.5 Å². The molecule has 1 fully saturated rings. The zero-order chi connectivity index (χ0) is 22.9. The van der Waals surface area contributed by atoms with E-state index in [4.69, 9.17) is 0 Å². The van der Waals surface area contributed by atoms with E-state index in [0.717, 1.165) is 28.0 Å². The highest BCUT2D eigenvalue weighted by Crippen LogP contribution is 2.41. The maximum Gasteiger partial charge on any atom is 0.325 e. The minimum absolute atomic E-state index is 0.186. The summed E-state index contributed by atoms with van der Waals surface area (Å²) in [5.41, 5.74) is 2.41. The Morgan fingerprint density at radius 1 is 1.12 bits per heavy atom. The van der Waals surface area contributed by atoms with Crippen LogP contribution in [0.15, 0.2) is 48.5 Å². The topological polar surface area (TPSA) is 98.8 Å². The smallest absolute Gasteiger partial charge is 0.325 e. The Kier molecular flexibility index (Phi) is 5.69. The molecule has 0 bridgehead atoms. The standard InChI is InChI=1S/C24H26N4O4/c1-3-16-8-5-7-11-19(16)25-20(29)14-27(2)21(30)15-28-22(31)24(26-23(28)32)13-12-17-9-4-6-10-18(17)24/h4-11H,3,12-15H2,1-2H3,(H,25,29)(H,26,32). The molecule has 1 unspecified atom stereocenters. The van der Waals surface area contributed by atoms with Crippen LogP contribution in [-0.4, -0.2) is 53.7 Å². The monoisotopic (exact) mass is 434 g/mol. The molecule has 8 heteroatoms. The predicted molar refractivity (Wildman–Crippen MR) is 119 cm³/mol. The SMILES string of the molecule is CCc1ccccc1NC(=O)CN(C)C(=O)CN1C(=O)NC2(CCc3ccccc32)C1=O. The van der Waals surface area contributed by atoms with Crippen molar-refractivity contribution in [2.24, 2.45) is 0 Å². The summed E-state index contributed by atoms with van der Waals surface area (Å²) in [5, 5.41) is 5.62. The Morgan fingerprint density at radius 2 is 1.84 bits per heavy atom. The van der Waals surface area contributed by atoms with E-state index >= 15 is 0 Å². The van der Waals surface area contributed by atoms with Gasteiger partial charge in [-0.3, -0.25) is 19.3 Å². The molecular weight excluding hydrogens is 408 g/mol. The number of para-hydroxylation sites is 1. The van der Waals surface area contributed by atoms with Gasteiger partial charge in [0.05, 0.1) is 6.54 Å². The third-order valence-corrected chi connectivity index (χ3v) is 6.19. The third kappa shape index (κ3) is 3.72. The van der Waals surface area contributed by atoms with Crippen molar-refractivity contribution in [2.45, 2.75) is 31.7 Å². The number of benzene rings is 2. The van der Waals surface area contributed by atoms with E-state index in [2.05, 4.69) is 10.6 Å². The van der Waals surface area contributed by atoms with Gasteiger partial charge in [0.25, 0.3) is 5.91 Å². The second-order valence-electron chi connectivity index (χ2n) is 8.19. The van der Waals surface area contributed by atoms with Crippen LogP contribution in [0, 0.1) is 0 Å². The Labute approximate surface area is 186 Å². The first-order valence-corrected chi connectivity index (χ1v) is 10.7. The fourth-order valence-corrected chi connectivity index (χ4v) is 4.43. The molecule has 2 aliphatic rings. The molecule has 0 saturated carbocycles. The molecule has 166 valence electrons. The molecular formula is C24H26N4O4. The molecule has 2 N–H and O–H groups in total. The van der Waals surface area contributed by atoms with E-state index in [-0.39, 0.29) is 12.5 Å². The van der Waals surface area contributed by atoms with Crippen molar-refractivity contribution in [3.63, 3.8) is 0 Å². The molecule has 1 spiro atoms. The number of carbonyl (C=O) groups excluding carboxylic acids is 4. The number of carbonyl (C=O) groups is 4. The number of hydrogen-bond acceptors (Lipinski definition) is 4. The van der Waals surface area contributed by atoms with Gasteiger partial charge in [0.15, 0.2) is 0 Å². The highest BCUT2D eigenvalue weighted by Gasteiger charge is 2.55. The number of imide groups is 1. The average Bonchev–Trinajstić information content (AvgIpc) is 3.27. The second kappa shape index (κ2) is 8.45. The van der Waals surface area contributed by atoms with E-state index in [0.29, 0.717) is 18.5 Å². The molecule has 1 atom stereocenters. The minimum Gasteiger partial charge on any atom is -0.335 e. The summed E-state index contributed by atoms with van der Waals surface area (Å²) in [6, 6.07) is 14.4. The number of anilines is 1. The van der Waals surface area contributed by atoms with Crippen LogP contribution >= 0.6 is 0 Å². The molecule has 1 saturated heterocycles. The van der Waals surface area contributed by atoms with Crippen LogP contribution in [-0.2, 0) is 32.8 Å². The van der Waals surface area contributed by atoms with Gasteiger partial charge < -0.3 is 15.5 Å². The van der Waals surface area contributed by atoms with E-state index in [1.807, 2.05) is 55.5 Å². The summed E-state index contributed by atoms with van der Waals surface area (Å²) in [4.78, 5) is 53.1. The maximum atomic E-state index is 13.2. The lowest BCUT2D eigenvalue weighted by Gasteiger charge is -2.23. The molecule has 2 aromatic rings. The number of hydrogen-bond donors (Lipinski definition) is 2. The number of rotatable bonds is 6. The van der Waals surface area contributed by atoms with Crippen LogP contribution in [0.25, 0.3) is 0 Å². The highest BCUT2D eigenvalue weighted by molar-refractivity contribution is 6.10. The summed E-state index contributed by atoms with van der Waals surface area (Å²) in [6.45, 7) is 1.40. The van der Waals surface area contributed by atoms with Crippen molar-refractivity contribution < 1.29 is 19.2 Å². The Morgan fingerprint density at radius 3 is 2.62 bits per heavy atom. The zero-order valence-corrected chi connectivity index (χ0v) is 18.2. The van der Waals surface area contributed by atoms with Crippen molar-refractivity contribution in [1.29, 1.82) is 0 Å². The van der Waals surface area contributed by atoms with Gasteiger partial charge in [0, 0.05) is 12.7 Å². The first-order chi connectivity index (χ1) is 15.4.